The van der Waals surface area contributed by atoms with Crippen LogP contribution in [0.2, 0.25) is 0 Å². The van der Waals surface area contributed by atoms with Crippen molar-refractivity contribution in [2.75, 3.05) is 17.6 Å². The van der Waals surface area contributed by atoms with Gasteiger partial charge in [0.25, 0.3) is 0 Å². The molecule has 0 aromatic heterocycles. The zero-order valence-electron chi connectivity index (χ0n) is 13.5. The Morgan fingerprint density at radius 3 is 2.36 bits per heavy atom. The Labute approximate surface area is 148 Å². The average molecular weight is 366 g/mol. The third-order valence-electron chi connectivity index (χ3n) is 3.98. The number of anilines is 1. The lowest BCUT2D eigenvalue weighted by Gasteiger charge is -2.24. The second kappa shape index (κ2) is 7.00. The van der Waals surface area contributed by atoms with E-state index in [-0.39, 0.29) is 11.4 Å². The molecule has 0 unspecified atom stereocenters. The molecule has 2 aromatic rings. The molecule has 1 atom stereocenters. The number of urea groups is 1. The smallest absolute Gasteiger partial charge is 0.308 e. The number of aryl methyl sites for hydroxylation is 1. The molecule has 0 radical (unpaired) electrons. The summed E-state index contributed by atoms with van der Waals surface area (Å²) in [6.45, 7) is 2.51. The maximum Gasteiger partial charge on any atom is 0.416 e. The van der Waals surface area contributed by atoms with Crippen LogP contribution in [0.25, 0.3) is 0 Å². The third-order valence-corrected chi connectivity index (χ3v) is 5.24. The number of thioether (sulfide) groups is 1. The lowest BCUT2D eigenvalue weighted by molar-refractivity contribution is -0.137. The van der Waals surface area contributed by atoms with E-state index in [2.05, 4.69) is 5.32 Å². The molecule has 7 heteroatoms. The highest BCUT2D eigenvalue weighted by atomic mass is 32.2. The van der Waals surface area contributed by atoms with Gasteiger partial charge in [-0.25, -0.2) is 4.79 Å². The van der Waals surface area contributed by atoms with Gasteiger partial charge in [0, 0.05) is 18.0 Å². The summed E-state index contributed by atoms with van der Waals surface area (Å²) >= 11 is 1.54. The van der Waals surface area contributed by atoms with Crippen molar-refractivity contribution in [2.45, 2.75) is 18.5 Å². The van der Waals surface area contributed by atoms with E-state index in [0.29, 0.717) is 17.8 Å². The van der Waals surface area contributed by atoms with E-state index in [1.165, 1.54) is 12.1 Å². The minimum absolute atomic E-state index is 0.251. The Bertz CT molecular complexity index is 744. The van der Waals surface area contributed by atoms with Gasteiger partial charge < -0.3 is 10.2 Å². The van der Waals surface area contributed by atoms with Gasteiger partial charge in [-0.05, 0) is 36.8 Å². The SMILES string of the molecule is Cc1ccc(NC(=O)N2CCS[C@H]2c2ccc(C(F)(F)F)cc2)cc1. The summed E-state index contributed by atoms with van der Waals surface area (Å²) in [4.78, 5) is 14.2. The van der Waals surface area contributed by atoms with Gasteiger partial charge in [0.15, 0.2) is 0 Å². The monoisotopic (exact) mass is 366 g/mol. The fraction of sp³-hybridized carbons (Fsp3) is 0.278. The van der Waals surface area contributed by atoms with Crippen LogP contribution in [-0.4, -0.2) is 23.2 Å². The maximum atomic E-state index is 12.7. The molecule has 1 aliphatic heterocycles. The molecule has 1 fully saturated rings. The number of hydrogen-bond donors (Lipinski definition) is 1. The van der Waals surface area contributed by atoms with Crippen molar-refractivity contribution < 1.29 is 18.0 Å². The second-order valence-corrected chi connectivity index (χ2v) is 7.02. The molecule has 3 nitrogen and oxygen atoms in total. The summed E-state index contributed by atoms with van der Waals surface area (Å²) in [6.07, 6.45) is -4.36. The van der Waals surface area contributed by atoms with Crippen LogP contribution in [-0.2, 0) is 6.18 Å². The van der Waals surface area contributed by atoms with Gasteiger partial charge in [0.2, 0.25) is 0 Å². The molecule has 0 aliphatic carbocycles. The van der Waals surface area contributed by atoms with Crippen LogP contribution < -0.4 is 5.32 Å². The summed E-state index contributed by atoms with van der Waals surface area (Å²) in [7, 11) is 0. The molecule has 2 aromatic carbocycles. The fourth-order valence-corrected chi connectivity index (χ4v) is 3.88. The Morgan fingerprint density at radius 1 is 1.12 bits per heavy atom. The van der Waals surface area contributed by atoms with E-state index in [1.54, 1.807) is 16.7 Å². The number of nitrogens with zero attached hydrogens (tertiary/aromatic N) is 1. The molecular weight excluding hydrogens is 349 g/mol. The molecule has 1 aliphatic rings. The molecule has 0 bridgehead atoms. The first-order valence-electron chi connectivity index (χ1n) is 7.77. The standard InChI is InChI=1S/C18H17F3N2OS/c1-12-2-8-15(9-3-12)22-17(24)23-10-11-25-16(23)13-4-6-14(7-5-13)18(19,20)21/h2-9,16H,10-11H2,1H3,(H,22,24)/t16-/m0/s1. The van der Waals surface area contributed by atoms with Crippen molar-refractivity contribution >= 4 is 23.5 Å². The van der Waals surface area contributed by atoms with Gasteiger partial charge in [-0.3, -0.25) is 0 Å². The maximum absolute atomic E-state index is 12.7. The largest absolute Gasteiger partial charge is 0.416 e. The van der Waals surface area contributed by atoms with Crippen molar-refractivity contribution in [3.8, 4) is 0 Å². The number of halogens is 3. The second-order valence-electron chi connectivity index (χ2n) is 5.83. The number of amides is 2. The average Bonchev–Trinajstić information content (AvgIpc) is 3.06. The van der Waals surface area contributed by atoms with Gasteiger partial charge in [-0.2, -0.15) is 13.2 Å². The summed E-state index contributed by atoms with van der Waals surface area (Å²) in [5.74, 6) is 0.743. The molecular formula is C18H17F3N2OS. The van der Waals surface area contributed by atoms with Crippen LogP contribution in [0.3, 0.4) is 0 Å². The van der Waals surface area contributed by atoms with E-state index >= 15 is 0 Å². The Balaban J connectivity index is 1.73. The zero-order chi connectivity index (χ0) is 18.0. The lowest BCUT2D eigenvalue weighted by Crippen LogP contribution is -2.34. The van der Waals surface area contributed by atoms with Crippen LogP contribution in [0.1, 0.15) is 22.1 Å². The summed E-state index contributed by atoms with van der Waals surface area (Å²) < 4.78 is 38.1. The zero-order valence-corrected chi connectivity index (χ0v) is 14.3. The van der Waals surface area contributed by atoms with Gasteiger partial charge >= 0.3 is 12.2 Å². The predicted molar refractivity (Wildman–Crippen MR) is 93.5 cm³/mol. The van der Waals surface area contributed by atoms with Crippen molar-refractivity contribution in [3.05, 3.63) is 65.2 Å². The van der Waals surface area contributed by atoms with Crippen LogP contribution in [0.5, 0.6) is 0 Å². The molecule has 1 N–H and O–H groups in total. The first-order chi connectivity index (χ1) is 11.8. The topological polar surface area (TPSA) is 32.3 Å². The number of hydrogen-bond acceptors (Lipinski definition) is 2. The van der Waals surface area contributed by atoms with Crippen molar-refractivity contribution in [2.24, 2.45) is 0 Å². The first-order valence-corrected chi connectivity index (χ1v) is 8.82. The summed E-state index contributed by atoms with van der Waals surface area (Å²) in [5, 5.41) is 2.56. The van der Waals surface area contributed by atoms with Crippen LogP contribution >= 0.6 is 11.8 Å². The van der Waals surface area contributed by atoms with E-state index in [9.17, 15) is 18.0 Å². The normalized spacial score (nSPS) is 17.6. The Kier molecular flexibility index (Phi) is 4.94. The van der Waals surface area contributed by atoms with E-state index in [1.807, 2.05) is 31.2 Å². The number of nitrogens with one attached hydrogen (secondary N) is 1. The molecule has 25 heavy (non-hydrogen) atoms. The number of alkyl halides is 3. The van der Waals surface area contributed by atoms with Crippen LogP contribution in [0, 0.1) is 6.92 Å². The van der Waals surface area contributed by atoms with E-state index < -0.39 is 11.7 Å². The van der Waals surface area contributed by atoms with Crippen molar-refractivity contribution in [1.82, 2.24) is 4.90 Å². The molecule has 0 spiro atoms. The lowest BCUT2D eigenvalue weighted by atomic mass is 10.1. The molecule has 2 amide bonds. The van der Waals surface area contributed by atoms with E-state index in [4.69, 9.17) is 0 Å². The van der Waals surface area contributed by atoms with Crippen LogP contribution in [0.4, 0.5) is 23.7 Å². The predicted octanol–water partition coefficient (Wildman–Crippen LogP) is 5.29. The highest BCUT2D eigenvalue weighted by molar-refractivity contribution is 7.99. The van der Waals surface area contributed by atoms with Gasteiger partial charge in [0.1, 0.15) is 5.37 Å². The van der Waals surface area contributed by atoms with Gasteiger partial charge in [-0.1, -0.05) is 29.8 Å². The van der Waals surface area contributed by atoms with Gasteiger partial charge in [-0.15, -0.1) is 11.8 Å². The summed E-state index contributed by atoms with van der Waals surface area (Å²) in [5.41, 5.74) is 1.79. The minimum Gasteiger partial charge on any atom is -0.308 e. The Hall–Kier alpha value is -2.15. The molecule has 0 saturated carbocycles. The van der Waals surface area contributed by atoms with Crippen molar-refractivity contribution in [3.63, 3.8) is 0 Å². The molecule has 132 valence electrons. The molecule has 1 saturated heterocycles. The fourth-order valence-electron chi connectivity index (χ4n) is 2.62. The molecule has 1 heterocycles. The van der Waals surface area contributed by atoms with Gasteiger partial charge in [0.05, 0.1) is 5.56 Å². The van der Waals surface area contributed by atoms with Crippen molar-refractivity contribution in [1.29, 1.82) is 0 Å². The van der Waals surface area contributed by atoms with E-state index in [0.717, 1.165) is 23.4 Å². The molecule has 3 rings (SSSR count). The highest BCUT2D eigenvalue weighted by Crippen LogP contribution is 2.39. The first kappa shape index (κ1) is 17.7. The minimum atomic E-state index is -4.36. The Morgan fingerprint density at radius 2 is 1.76 bits per heavy atom. The number of benzene rings is 2. The van der Waals surface area contributed by atoms with Crippen LogP contribution in [0.15, 0.2) is 48.5 Å². The number of carbonyl (C=O) groups excluding carboxylic acids is 1. The quantitative estimate of drug-likeness (QED) is 0.783. The number of carbonyl (C=O) groups is 1. The number of rotatable bonds is 2. The highest BCUT2D eigenvalue weighted by Gasteiger charge is 2.33. The third kappa shape index (κ3) is 4.10. The summed E-state index contributed by atoms with van der Waals surface area (Å²) in [6, 6.07) is 12.2.